The maximum absolute atomic E-state index is 11.4. The van der Waals surface area contributed by atoms with Crippen LogP contribution in [0.2, 0.25) is 0 Å². The van der Waals surface area contributed by atoms with E-state index < -0.39 is 11.9 Å². The van der Waals surface area contributed by atoms with Crippen molar-refractivity contribution in [3.05, 3.63) is 28.2 Å². The Bertz CT molecular complexity index is 368. The van der Waals surface area contributed by atoms with Gasteiger partial charge in [0.1, 0.15) is 5.75 Å². The highest BCUT2D eigenvalue weighted by atomic mass is 79.9. The topological polar surface area (TPSA) is 72.5 Å². The fourth-order valence-corrected chi connectivity index (χ4v) is 1.68. The van der Waals surface area contributed by atoms with E-state index in [9.17, 15) is 9.90 Å². The summed E-state index contributed by atoms with van der Waals surface area (Å²) >= 11 is 3.26. The Balaban J connectivity index is 3.11. The minimum absolute atomic E-state index is 0.0408. The molecule has 0 amide bonds. The van der Waals surface area contributed by atoms with Crippen LogP contribution in [0, 0.1) is 0 Å². The van der Waals surface area contributed by atoms with Crippen molar-refractivity contribution < 1.29 is 14.6 Å². The average Bonchev–Trinajstić information content (AvgIpc) is 2.23. The predicted octanol–water partition coefficient (Wildman–Crippen LogP) is 1.37. The molecule has 0 fully saturated rings. The number of hydrogen-bond donors (Lipinski definition) is 2. The number of halogens is 1. The maximum Gasteiger partial charge on any atom is 0.314 e. The molecule has 0 saturated heterocycles. The lowest BCUT2D eigenvalue weighted by molar-refractivity contribution is -0.142. The molecule has 1 atom stereocenters. The number of hydrogen-bond acceptors (Lipinski definition) is 4. The van der Waals surface area contributed by atoms with Crippen LogP contribution in [0.25, 0.3) is 0 Å². The van der Waals surface area contributed by atoms with E-state index in [1.54, 1.807) is 12.1 Å². The number of benzene rings is 1. The molecule has 0 aromatic heterocycles. The van der Waals surface area contributed by atoms with Crippen molar-refractivity contribution in [2.75, 3.05) is 13.7 Å². The van der Waals surface area contributed by atoms with Crippen LogP contribution in [0.5, 0.6) is 5.75 Å². The number of esters is 1. The van der Waals surface area contributed by atoms with Crippen LogP contribution in [-0.2, 0) is 9.53 Å². The third kappa shape index (κ3) is 2.70. The van der Waals surface area contributed by atoms with Crippen LogP contribution in [0.15, 0.2) is 22.7 Å². The lowest BCUT2D eigenvalue weighted by Gasteiger charge is -2.14. The Morgan fingerprint density at radius 2 is 2.33 bits per heavy atom. The minimum Gasteiger partial charge on any atom is -0.508 e. The number of methoxy groups -OCH3 is 1. The summed E-state index contributed by atoms with van der Waals surface area (Å²) < 4.78 is 5.38. The molecule has 1 unspecified atom stereocenters. The largest absolute Gasteiger partial charge is 0.508 e. The van der Waals surface area contributed by atoms with E-state index in [1.165, 1.54) is 13.2 Å². The highest BCUT2D eigenvalue weighted by molar-refractivity contribution is 9.10. The highest BCUT2D eigenvalue weighted by Gasteiger charge is 2.22. The van der Waals surface area contributed by atoms with Gasteiger partial charge in [0.2, 0.25) is 0 Å². The Kier molecular flexibility index (Phi) is 4.11. The second kappa shape index (κ2) is 5.14. The summed E-state index contributed by atoms with van der Waals surface area (Å²) in [5.74, 6) is -1.04. The number of phenols is 1. The standard InChI is InChI=1S/C10H12BrNO3/c1-15-10(14)8(5-12)7-4-6(11)2-3-9(7)13/h2-4,8,13H,5,12H2,1H3. The third-order valence-corrected chi connectivity index (χ3v) is 2.58. The highest BCUT2D eigenvalue weighted by Crippen LogP contribution is 2.29. The molecule has 0 spiro atoms. The van der Waals surface area contributed by atoms with Gasteiger partial charge in [0.05, 0.1) is 13.0 Å². The zero-order valence-corrected chi connectivity index (χ0v) is 9.82. The summed E-state index contributed by atoms with van der Waals surface area (Å²) in [6.07, 6.45) is 0. The number of rotatable bonds is 3. The van der Waals surface area contributed by atoms with Crippen molar-refractivity contribution in [2.24, 2.45) is 5.73 Å². The van der Waals surface area contributed by atoms with Crippen molar-refractivity contribution in [2.45, 2.75) is 5.92 Å². The average molecular weight is 274 g/mol. The molecule has 1 aromatic carbocycles. The van der Waals surface area contributed by atoms with Crippen LogP contribution in [0.4, 0.5) is 0 Å². The number of ether oxygens (including phenoxy) is 1. The molecular formula is C10H12BrNO3. The first-order valence-electron chi connectivity index (χ1n) is 4.36. The molecule has 0 aliphatic carbocycles. The Labute approximate surface area is 96.2 Å². The molecule has 0 radical (unpaired) electrons. The summed E-state index contributed by atoms with van der Waals surface area (Å²) in [6.45, 7) is 0.0939. The molecule has 3 N–H and O–H groups in total. The van der Waals surface area contributed by atoms with E-state index in [0.717, 1.165) is 4.47 Å². The fraction of sp³-hybridized carbons (Fsp3) is 0.300. The van der Waals surface area contributed by atoms with Gasteiger partial charge in [0.15, 0.2) is 0 Å². The molecule has 15 heavy (non-hydrogen) atoms. The number of carbonyl (C=O) groups is 1. The van der Waals surface area contributed by atoms with E-state index in [2.05, 4.69) is 20.7 Å². The van der Waals surface area contributed by atoms with Crippen LogP contribution in [0.3, 0.4) is 0 Å². The summed E-state index contributed by atoms with van der Waals surface area (Å²) in [7, 11) is 1.29. The monoisotopic (exact) mass is 273 g/mol. The molecule has 4 nitrogen and oxygen atoms in total. The van der Waals surface area contributed by atoms with Gasteiger partial charge >= 0.3 is 5.97 Å². The number of carbonyl (C=O) groups excluding carboxylic acids is 1. The fourth-order valence-electron chi connectivity index (χ4n) is 1.30. The van der Waals surface area contributed by atoms with Crippen molar-refractivity contribution in [1.29, 1.82) is 0 Å². The van der Waals surface area contributed by atoms with E-state index in [4.69, 9.17) is 5.73 Å². The Hall–Kier alpha value is -1.07. The quantitative estimate of drug-likeness (QED) is 0.816. The molecule has 1 rings (SSSR count). The molecule has 5 heteroatoms. The second-order valence-corrected chi connectivity index (χ2v) is 3.93. The van der Waals surface area contributed by atoms with E-state index in [0.29, 0.717) is 5.56 Å². The molecule has 0 bridgehead atoms. The molecule has 0 heterocycles. The van der Waals surface area contributed by atoms with Gasteiger partial charge in [-0.05, 0) is 18.2 Å². The van der Waals surface area contributed by atoms with Gasteiger partial charge in [-0.1, -0.05) is 15.9 Å². The van der Waals surface area contributed by atoms with E-state index in [-0.39, 0.29) is 12.3 Å². The van der Waals surface area contributed by atoms with E-state index >= 15 is 0 Å². The summed E-state index contributed by atoms with van der Waals surface area (Å²) in [6, 6.07) is 4.85. The SMILES string of the molecule is COC(=O)C(CN)c1cc(Br)ccc1O. The van der Waals surface area contributed by atoms with E-state index in [1.807, 2.05) is 0 Å². The van der Waals surface area contributed by atoms with Gasteiger partial charge in [-0.3, -0.25) is 4.79 Å². The van der Waals surface area contributed by atoms with Gasteiger partial charge in [-0.25, -0.2) is 0 Å². The van der Waals surface area contributed by atoms with Crippen LogP contribution >= 0.6 is 15.9 Å². The number of nitrogens with two attached hydrogens (primary N) is 1. The molecule has 0 aliphatic rings. The molecule has 0 saturated carbocycles. The van der Waals surface area contributed by atoms with Gasteiger partial charge < -0.3 is 15.6 Å². The summed E-state index contributed by atoms with van der Waals surface area (Å²) in [4.78, 5) is 11.4. The first kappa shape index (κ1) is 12.0. The lowest BCUT2D eigenvalue weighted by atomic mass is 9.98. The normalized spacial score (nSPS) is 12.2. The maximum atomic E-state index is 11.4. The number of aromatic hydroxyl groups is 1. The number of phenolic OH excluding ortho intramolecular Hbond substituents is 1. The lowest BCUT2D eigenvalue weighted by Crippen LogP contribution is -2.22. The molecule has 82 valence electrons. The van der Waals surface area contributed by atoms with Crippen LogP contribution in [0.1, 0.15) is 11.5 Å². The van der Waals surface area contributed by atoms with Crippen molar-refractivity contribution in [3.8, 4) is 5.75 Å². The third-order valence-electron chi connectivity index (χ3n) is 2.09. The summed E-state index contributed by atoms with van der Waals surface area (Å²) in [5, 5.41) is 9.60. The minimum atomic E-state index is -0.632. The predicted molar refractivity (Wildman–Crippen MR) is 59.6 cm³/mol. The Morgan fingerprint density at radius 1 is 1.67 bits per heavy atom. The van der Waals surface area contributed by atoms with Gasteiger partial charge in [-0.2, -0.15) is 0 Å². The second-order valence-electron chi connectivity index (χ2n) is 3.01. The zero-order valence-electron chi connectivity index (χ0n) is 8.24. The first-order valence-corrected chi connectivity index (χ1v) is 5.15. The Morgan fingerprint density at radius 3 is 2.87 bits per heavy atom. The smallest absolute Gasteiger partial charge is 0.314 e. The van der Waals surface area contributed by atoms with Crippen LogP contribution in [-0.4, -0.2) is 24.7 Å². The van der Waals surface area contributed by atoms with Crippen molar-refractivity contribution in [3.63, 3.8) is 0 Å². The van der Waals surface area contributed by atoms with Gasteiger partial charge in [-0.15, -0.1) is 0 Å². The molecular weight excluding hydrogens is 262 g/mol. The van der Waals surface area contributed by atoms with Gasteiger partial charge in [0.25, 0.3) is 0 Å². The first-order chi connectivity index (χ1) is 7.10. The van der Waals surface area contributed by atoms with Crippen molar-refractivity contribution >= 4 is 21.9 Å². The molecule has 0 aliphatic heterocycles. The summed E-state index contributed by atoms with van der Waals surface area (Å²) in [5.41, 5.74) is 5.94. The molecule has 1 aromatic rings. The van der Waals surface area contributed by atoms with Crippen LogP contribution < -0.4 is 5.73 Å². The zero-order chi connectivity index (χ0) is 11.4. The van der Waals surface area contributed by atoms with Gasteiger partial charge in [0, 0.05) is 16.6 Å². The van der Waals surface area contributed by atoms with Crippen molar-refractivity contribution in [1.82, 2.24) is 0 Å².